The molecule has 2 saturated carbocycles. The maximum atomic E-state index is 6.11. The summed E-state index contributed by atoms with van der Waals surface area (Å²) in [7, 11) is 1.92. The second-order valence-electron chi connectivity index (χ2n) is 5.75. The highest BCUT2D eigenvalue weighted by molar-refractivity contribution is 7.99. The lowest BCUT2D eigenvalue weighted by atomic mass is 10.4. The topological polar surface area (TPSA) is 74.5 Å². The number of aryl methyl sites for hydroxylation is 2. The van der Waals surface area contributed by atoms with E-state index in [0.29, 0.717) is 12.0 Å². The molecule has 0 aliphatic heterocycles. The van der Waals surface area contributed by atoms with E-state index < -0.39 is 0 Å². The number of nitrogens with two attached hydrogens (primary N) is 1. The van der Waals surface area contributed by atoms with E-state index in [9.17, 15) is 0 Å². The van der Waals surface area contributed by atoms with E-state index in [2.05, 4.69) is 19.9 Å². The standard InChI is InChI=1S/C13H18N6S/c1-7-10(14)12(18(2)17-7)20-13-16-15-11(8-3-4-8)19(13)9-5-6-9/h8-9H,3-6,14H2,1-2H3. The van der Waals surface area contributed by atoms with Crippen LogP contribution in [0.1, 0.15) is 49.2 Å². The maximum Gasteiger partial charge on any atom is 0.197 e. The van der Waals surface area contributed by atoms with Crippen LogP contribution in [0.25, 0.3) is 0 Å². The van der Waals surface area contributed by atoms with Gasteiger partial charge in [-0.1, -0.05) is 0 Å². The number of hydrogen-bond donors (Lipinski definition) is 1. The van der Waals surface area contributed by atoms with Gasteiger partial charge in [-0.15, -0.1) is 10.2 Å². The van der Waals surface area contributed by atoms with Crippen molar-refractivity contribution in [3.8, 4) is 0 Å². The third-order valence-electron chi connectivity index (χ3n) is 3.95. The molecule has 106 valence electrons. The minimum Gasteiger partial charge on any atom is -0.395 e. The Morgan fingerprint density at radius 3 is 2.50 bits per heavy atom. The average molecular weight is 290 g/mol. The van der Waals surface area contributed by atoms with Crippen molar-refractivity contribution >= 4 is 17.4 Å². The van der Waals surface area contributed by atoms with Crippen molar-refractivity contribution in [3.63, 3.8) is 0 Å². The fourth-order valence-electron chi connectivity index (χ4n) is 2.51. The predicted molar refractivity (Wildman–Crippen MR) is 76.7 cm³/mol. The summed E-state index contributed by atoms with van der Waals surface area (Å²) in [5.41, 5.74) is 7.73. The van der Waals surface area contributed by atoms with E-state index in [0.717, 1.165) is 21.6 Å². The molecule has 2 aliphatic carbocycles. The van der Waals surface area contributed by atoms with E-state index in [1.807, 2.05) is 18.7 Å². The highest BCUT2D eigenvalue weighted by Gasteiger charge is 2.36. The normalized spacial score (nSPS) is 18.7. The first-order valence-electron chi connectivity index (χ1n) is 7.07. The van der Waals surface area contributed by atoms with Crippen LogP contribution in [0.15, 0.2) is 10.2 Å². The molecule has 2 heterocycles. The maximum absolute atomic E-state index is 6.11. The van der Waals surface area contributed by atoms with Crippen molar-refractivity contribution in [1.29, 1.82) is 0 Å². The number of anilines is 1. The molecule has 0 aromatic carbocycles. The number of hydrogen-bond acceptors (Lipinski definition) is 5. The van der Waals surface area contributed by atoms with Crippen LogP contribution in [0, 0.1) is 6.92 Å². The number of aromatic nitrogens is 5. The minimum absolute atomic E-state index is 0.596. The fraction of sp³-hybridized carbons (Fsp3) is 0.615. The van der Waals surface area contributed by atoms with Gasteiger partial charge in [-0.25, -0.2) is 0 Å². The SMILES string of the molecule is Cc1nn(C)c(Sc2nnc(C3CC3)n2C2CC2)c1N. The van der Waals surface area contributed by atoms with Gasteiger partial charge in [-0.2, -0.15) is 5.10 Å². The molecule has 4 rings (SSSR count). The lowest BCUT2D eigenvalue weighted by molar-refractivity contribution is 0.624. The van der Waals surface area contributed by atoms with Crippen LogP contribution in [0.5, 0.6) is 0 Å². The van der Waals surface area contributed by atoms with Crippen LogP contribution in [0.4, 0.5) is 5.69 Å². The first kappa shape index (κ1) is 12.3. The fourth-order valence-corrected chi connectivity index (χ4v) is 3.54. The molecule has 0 atom stereocenters. The van der Waals surface area contributed by atoms with E-state index >= 15 is 0 Å². The molecule has 0 unspecified atom stereocenters. The van der Waals surface area contributed by atoms with Gasteiger partial charge in [0, 0.05) is 19.0 Å². The van der Waals surface area contributed by atoms with Crippen molar-refractivity contribution in [3.05, 3.63) is 11.5 Å². The molecule has 2 fully saturated rings. The van der Waals surface area contributed by atoms with Crippen molar-refractivity contribution in [2.24, 2.45) is 7.05 Å². The van der Waals surface area contributed by atoms with E-state index in [4.69, 9.17) is 5.73 Å². The molecular weight excluding hydrogens is 272 g/mol. The van der Waals surface area contributed by atoms with Crippen molar-refractivity contribution in [1.82, 2.24) is 24.5 Å². The lowest BCUT2D eigenvalue weighted by Crippen LogP contribution is -2.03. The van der Waals surface area contributed by atoms with Crippen LogP contribution in [0.2, 0.25) is 0 Å². The average Bonchev–Trinajstić information content (AvgIpc) is 3.32. The second kappa shape index (κ2) is 4.25. The molecule has 2 aromatic heterocycles. The summed E-state index contributed by atoms with van der Waals surface area (Å²) in [6.45, 7) is 1.93. The molecule has 0 bridgehead atoms. The van der Waals surface area contributed by atoms with Gasteiger partial charge >= 0.3 is 0 Å². The van der Waals surface area contributed by atoms with Crippen LogP contribution in [-0.2, 0) is 7.05 Å². The summed E-state index contributed by atoms with van der Waals surface area (Å²) < 4.78 is 4.17. The Bertz CT molecular complexity index is 665. The Labute approximate surface area is 121 Å². The predicted octanol–water partition coefficient (Wildman–Crippen LogP) is 2.27. The van der Waals surface area contributed by atoms with E-state index in [1.54, 1.807) is 11.8 Å². The van der Waals surface area contributed by atoms with Gasteiger partial charge in [0.1, 0.15) is 10.9 Å². The zero-order valence-corrected chi connectivity index (χ0v) is 12.5. The van der Waals surface area contributed by atoms with Crippen molar-refractivity contribution < 1.29 is 0 Å². The molecule has 0 radical (unpaired) electrons. The number of nitrogens with zero attached hydrogens (tertiary/aromatic N) is 5. The van der Waals surface area contributed by atoms with E-state index in [-0.39, 0.29) is 0 Å². The van der Waals surface area contributed by atoms with E-state index in [1.165, 1.54) is 31.5 Å². The first-order valence-corrected chi connectivity index (χ1v) is 7.88. The highest BCUT2D eigenvalue weighted by Crippen LogP contribution is 2.47. The monoisotopic (exact) mass is 290 g/mol. The van der Waals surface area contributed by atoms with Gasteiger partial charge < -0.3 is 10.3 Å². The Hall–Kier alpha value is -1.50. The van der Waals surface area contributed by atoms with Crippen molar-refractivity contribution in [2.45, 2.75) is 54.7 Å². The quantitative estimate of drug-likeness (QED) is 0.935. The zero-order chi connectivity index (χ0) is 13.9. The van der Waals surface area contributed by atoms with Gasteiger partial charge in [0.2, 0.25) is 0 Å². The van der Waals surface area contributed by atoms with Gasteiger partial charge in [-0.3, -0.25) is 4.68 Å². The molecule has 0 saturated heterocycles. The summed E-state index contributed by atoms with van der Waals surface area (Å²) in [6, 6.07) is 0.596. The smallest absolute Gasteiger partial charge is 0.197 e. The molecule has 20 heavy (non-hydrogen) atoms. The van der Waals surface area contributed by atoms with Gasteiger partial charge in [0.25, 0.3) is 0 Å². The number of rotatable bonds is 4. The second-order valence-corrected chi connectivity index (χ2v) is 6.70. The Balaban J connectivity index is 1.71. The number of nitrogen functional groups attached to an aromatic ring is 1. The first-order chi connectivity index (χ1) is 9.65. The summed E-state index contributed by atoms with van der Waals surface area (Å²) in [5.74, 6) is 1.80. The van der Waals surface area contributed by atoms with Crippen LogP contribution < -0.4 is 5.73 Å². The molecule has 2 N–H and O–H groups in total. The molecule has 2 aliphatic rings. The Kier molecular flexibility index (Phi) is 2.60. The van der Waals surface area contributed by atoms with Crippen LogP contribution in [-0.4, -0.2) is 24.5 Å². The zero-order valence-electron chi connectivity index (χ0n) is 11.7. The molecule has 7 heteroatoms. The largest absolute Gasteiger partial charge is 0.395 e. The Morgan fingerprint density at radius 2 is 1.95 bits per heavy atom. The molecule has 6 nitrogen and oxygen atoms in total. The molecular formula is C13H18N6S. The Morgan fingerprint density at radius 1 is 1.20 bits per heavy atom. The summed E-state index contributed by atoms with van der Waals surface area (Å²) in [6.07, 6.45) is 4.99. The molecule has 0 spiro atoms. The minimum atomic E-state index is 0.596. The third kappa shape index (κ3) is 1.91. The summed E-state index contributed by atoms with van der Waals surface area (Å²) in [5, 5.41) is 15.1. The van der Waals surface area contributed by atoms with Crippen molar-refractivity contribution in [2.75, 3.05) is 5.73 Å². The summed E-state index contributed by atoms with van der Waals surface area (Å²) in [4.78, 5) is 0. The van der Waals surface area contributed by atoms with Gasteiger partial charge in [0.05, 0.1) is 11.4 Å². The lowest BCUT2D eigenvalue weighted by Gasteiger charge is -2.08. The molecule has 0 amide bonds. The molecule has 2 aromatic rings. The van der Waals surface area contributed by atoms with Crippen LogP contribution in [0.3, 0.4) is 0 Å². The summed E-state index contributed by atoms with van der Waals surface area (Å²) >= 11 is 1.59. The van der Waals surface area contributed by atoms with Crippen LogP contribution >= 0.6 is 11.8 Å². The third-order valence-corrected chi connectivity index (χ3v) is 5.09. The van der Waals surface area contributed by atoms with Gasteiger partial charge in [0.15, 0.2) is 5.16 Å². The van der Waals surface area contributed by atoms with Gasteiger partial charge in [-0.05, 0) is 44.4 Å². The highest BCUT2D eigenvalue weighted by atomic mass is 32.2.